The molecule has 1 aromatic rings. The number of ether oxygens (including phenoxy) is 1. The van der Waals surface area contributed by atoms with Gasteiger partial charge in [-0.25, -0.2) is 0 Å². The zero-order chi connectivity index (χ0) is 17.6. The van der Waals surface area contributed by atoms with Gasteiger partial charge in [0.2, 0.25) is 5.91 Å². The average Bonchev–Trinajstić information content (AvgIpc) is 3.05. The molecule has 140 valence electrons. The first kappa shape index (κ1) is 18.6. The Hall–Kier alpha value is -1.15. The summed E-state index contributed by atoms with van der Waals surface area (Å²) in [6, 6.07) is 1.64. The highest BCUT2D eigenvalue weighted by molar-refractivity contribution is 6.29. The molecular weight excluding hydrogens is 346 g/mol. The van der Waals surface area contributed by atoms with E-state index in [0.717, 1.165) is 45.8 Å². The van der Waals surface area contributed by atoms with Gasteiger partial charge in [-0.1, -0.05) is 16.8 Å². The van der Waals surface area contributed by atoms with Gasteiger partial charge in [0.05, 0.1) is 13.2 Å². The second kappa shape index (κ2) is 8.98. The van der Waals surface area contributed by atoms with Gasteiger partial charge in [-0.05, 0) is 18.3 Å². The number of aliphatic hydroxyl groups is 1. The second-order valence-electron chi connectivity index (χ2n) is 6.98. The van der Waals surface area contributed by atoms with Gasteiger partial charge in [0.25, 0.3) is 0 Å². The topological polar surface area (TPSA) is 79.0 Å². The van der Waals surface area contributed by atoms with Crippen LogP contribution >= 0.6 is 11.6 Å². The summed E-state index contributed by atoms with van der Waals surface area (Å²) in [5.41, 5.74) is 0. The first-order valence-corrected chi connectivity index (χ1v) is 9.31. The number of amides is 1. The lowest BCUT2D eigenvalue weighted by Crippen LogP contribution is -2.49. The Balaban J connectivity index is 1.52. The molecule has 1 aromatic heterocycles. The van der Waals surface area contributed by atoms with E-state index in [0.29, 0.717) is 36.2 Å². The molecule has 0 saturated carbocycles. The monoisotopic (exact) mass is 371 g/mol. The molecule has 0 radical (unpaired) electrons. The summed E-state index contributed by atoms with van der Waals surface area (Å²) in [4.78, 5) is 16.9. The summed E-state index contributed by atoms with van der Waals surface area (Å²) in [5.74, 6) is 1.27. The van der Waals surface area contributed by atoms with Crippen molar-refractivity contribution < 1.29 is 19.2 Å². The Morgan fingerprint density at radius 1 is 1.32 bits per heavy atom. The number of rotatable bonds is 6. The molecule has 3 rings (SSSR count). The maximum absolute atomic E-state index is 12.6. The fourth-order valence-corrected chi connectivity index (χ4v) is 3.89. The van der Waals surface area contributed by atoms with E-state index in [1.807, 2.05) is 4.90 Å². The average molecular weight is 372 g/mol. The van der Waals surface area contributed by atoms with Crippen LogP contribution in [0.25, 0.3) is 0 Å². The molecule has 0 aliphatic carbocycles. The molecule has 2 saturated heterocycles. The standard InChI is InChI=1S/C17H26ClN3O4/c18-16-8-15(25-19-16)1-2-17(23)21-10-13(7-14(11-21)12-22)9-20-3-5-24-6-4-20/h8,13-14,22H,1-7,9-12H2/t13-,14-/m1/s1. The molecule has 0 spiro atoms. The van der Waals surface area contributed by atoms with Crippen molar-refractivity contribution in [3.05, 3.63) is 17.0 Å². The van der Waals surface area contributed by atoms with Crippen LogP contribution in [0.4, 0.5) is 0 Å². The van der Waals surface area contributed by atoms with Crippen molar-refractivity contribution in [2.45, 2.75) is 19.3 Å². The molecule has 0 bridgehead atoms. The van der Waals surface area contributed by atoms with Crippen molar-refractivity contribution in [1.29, 1.82) is 0 Å². The van der Waals surface area contributed by atoms with Crippen LogP contribution in [0, 0.1) is 11.8 Å². The molecule has 1 N–H and O–H groups in total. The lowest BCUT2D eigenvalue weighted by molar-refractivity contribution is -0.134. The maximum atomic E-state index is 12.6. The summed E-state index contributed by atoms with van der Waals surface area (Å²) >= 11 is 5.73. The predicted molar refractivity (Wildman–Crippen MR) is 92.4 cm³/mol. The smallest absolute Gasteiger partial charge is 0.223 e. The fraction of sp³-hybridized carbons (Fsp3) is 0.765. The van der Waals surface area contributed by atoms with Crippen molar-refractivity contribution in [2.24, 2.45) is 11.8 Å². The van der Waals surface area contributed by atoms with E-state index in [9.17, 15) is 9.90 Å². The second-order valence-corrected chi connectivity index (χ2v) is 7.37. The van der Waals surface area contributed by atoms with E-state index in [1.165, 1.54) is 0 Å². The number of hydrogen-bond acceptors (Lipinski definition) is 6. The van der Waals surface area contributed by atoms with Gasteiger partial charge in [-0.15, -0.1) is 0 Å². The maximum Gasteiger partial charge on any atom is 0.223 e. The van der Waals surface area contributed by atoms with Gasteiger partial charge in [0.15, 0.2) is 5.15 Å². The molecule has 3 heterocycles. The van der Waals surface area contributed by atoms with Crippen molar-refractivity contribution in [3.63, 3.8) is 0 Å². The van der Waals surface area contributed by atoms with E-state index >= 15 is 0 Å². The highest BCUT2D eigenvalue weighted by atomic mass is 35.5. The van der Waals surface area contributed by atoms with Crippen LogP contribution in [-0.2, 0) is 16.0 Å². The van der Waals surface area contributed by atoms with Crippen LogP contribution in [0.2, 0.25) is 5.15 Å². The largest absolute Gasteiger partial charge is 0.396 e. The molecule has 2 aliphatic rings. The first-order valence-electron chi connectivity index (χ1n) is 8.94. The summed E-state index contributed by atoms with van der Waals surface area (Å²) < 4.78 is 10.5. The van der Waals surface area contributed by atoms with Crippen LogP contribution in [-0.4, -0.2) is 78.5 Å². The molecule has 1 amide bonds. The van der Waals surface area contributed by atoms with Gasteiger partial charge < -0.3 is 19.3 Å². The fourth-order valence-electron chi connectivity index (χ4n) is 3.73. The Kier molecular flexibility index (Phi) is 6.70. The quantitative estimate of drug-likeness (QED) is 0.805. The first-order chi connectivity index (χ1) is 12.1. The number of nitrogens with zero attached hydrogens (tertiary/aromatic N) is 3. The Labute approximate surface area is 152 Å². The molecule has 0 unspecified atom stereocenters. The summed E-state index contributed by atoms with van der Waals surface area (Å²) in [7, 11) is 0. The van der Waals surface area contributed by atoms with Crippen LogP contribution in [0.15, 0.2) is 10.6 Å². The Morgan fingerprint density at radius 3 is 2.76 bits per heavy atom. The summed E-state index contributed by atoms with van der Waals surface area (Å²) in [6.07, 6.45) is 1.83. The number of halogens is 1. The molecule has 0 aromatic carbocycles. The third-order valence-corrected chi connectivity index (χ3v) is 5.15. The molecule has 2 fully saturated rings. The minimum absolute atomic E-state index is 0.0950. The Morgan fingerprint density at radius 2 is 2.08 bits per heavy atom. The zero-order valence-corrected chi connectivity index (χ0v) is 15.2. The third-order valence-electron chi connectivity index (χ3n) is 4.97. The molecule has 8 heteroatoms. The molecule has 25 heavy (non-hydrogen) atoms. The van der Waals surface area contributed by atoms with Crippen LogP contribution in [0.1, 0.15) is 18.6 Å². The van der Waals surface area contributed by atoms with E-state index in [2.05, 4.69) is 10.1 Å². The zero-order valence-electron chi connectivity index (χ0n) is 14.4. The minimum atomic E-state index is 0.0950. The van der Waals surface area contributed by atoms with E-state index in [-0.39, 0.29) is 18.4 Å². The number of hydrogen-bond donors (Lipinski definition) is 1. The van der Waals surface area contributed by atoms with E-state index < -0.39 is 0 Å². The minimum Gasteiger partial charge on any atom is -0.396 e. The number of likely N-dealkylation sites (tertiary alicyclic amines) is 1. The SMILES string of the molecule is O=C(CCc1cc(Cl)no1)N1C[C@H](CO)C[C@H](CN2CCOCC2)C1. The van der Waals surface area contributed by atoms with Crippen molar-refractivity contribution in [1.82, 2.24) is 15.0 Å². The molecule has 2 aliphatic heterocycles. The number of piperidine rings is 1. The normalized spacial score (nSPS) is 25.3. The highest BCUT2D eigenvalue weighted by Crippen LogP contribution is 2.24. The third kappa shape index (κ3) is 5.41. The number of carbonyl (C=O) groups excluding carboxylic acids is 1. The number of aryl methyl sites for hydroxylation is 1. The van der Waals surface area contributed by atoms with Crippen molar-refractivity contribution in [2.75, 3.05) is 52.5 Å². The van der Waals surface area contributed by atoms with Crippen LogP contribution < -0.4 is 0 Å². The summed E-state index contributed by atoms with van der Waals surface area (Å²) in [6.45, 7) is 5.91. The molecule has 7 nitrogen and oxygen atoms in total. The van der Waals surface area contributed by atoms with E-state index in [4.69, 9.17) is 20.9 Å². The van der Waals surface area contributed by atoms with Crippen LogP contribution in [0.5, 0.6) is 0 Å². The van der Waals surface area contributed by atoms with Crippen LogP contribution in [0.3, 0.4) is 0 Å². The molecular formula is C17H26ClN3O4. The van der Waals surface area contributed by atoms with Gasteiger partial charge in [-0.3, -0.25) is 9.69 Å². The van der Waals surface area contributed by atoms with Gasteiger partial charge in [0, 0.05) is 58.2 Å². The van der Waals surface area contributed by atoms with Gasteiger partial charge in [-0.2, -0.15) is 0 Å². The number of aromatic nitrogens is 1. The predicted octanol–water partition coefficient (Wildman–Crippen LogP) is 1.05. The Bertz CT molecular complexity index is 562. The number of aliphatic hydroxyl groups excluding tert-OH is 1. The van der Waals surface area contributed by atoms with Crippen molar-refractivity contribution in [3.8, 4) is 0 Å². The number of morpholine rings is 1. The lowest BCUT2D eigenvalue weighted by atomic mass is 9.89. The molecule has 2 atom stereocenters. The van der Waals surface area contributed by atoms with Gasteiger partial charge in [0.1, 0.15) is 5.76 Å². The van der Waals surface area contributed by atoms with E-state index in [1.54, 1.807) is 6.07 Å². The lowest BCUT2D eigenvalue weighted by Gasteiger charge is -2.40. The number of carbonyl (C=O) groups is 1. The van der Waals surface area contributed by atoms with Gasteiger partial charge >= 0.3 is 0 Å². The van der Waals surface area contributed by atoms with Crippen molar-refractivity contribution >= 4 is 17.5 Å². The summed E-state index contributed by atoms with van der Waals surface area (Å²) in [5, 5.41) is 13.6. The highest BCUT2D eigenvalue weighted by Gasteiger charge is 2.31.